The molecule has 0 spiro atoms. The molecule has 98 valence electrons. The Morgan fingerprint density at radius 1 is 1.21 bits per heavy atom. The number of rotatable bonds is 4. The molecule has 0 saturated heterocycles. The molecule has 2 aromatic rings. The lowest BCUT2D eigenvalue weighted by Gasteiger charge is -2.08. The topological polar surface area (TPSA) is 84.6 Å². The van der Waals surface area contributed by atoms with Crippen molar-refractivity contribution in [3.05, 3.63) is 59.7 Å². The summed E-state index contributed by atoms with van der Waals surface area (Å²) >= 11 is 0. The molecular weight excluding hydrogens is 244 g/mol. The molecule has 0 aliphatic rings. The Morgan fingerprint density at radius 2 is 1.95 bits per heavy atom. The summed E-state index contributed by atoms with van der Waals surface area (Å²) in [6, 6.07) is 13.7. The Hall–Kier alpha value is -2.53. The smallest absolute Gasteiger partial charge is 0.278 e. The molecule has 4 N–H and O–H groups in total. The van der Waals surface area contributed by atoms with Gasteiger partial charge in [0.25, 0.3) is 5.91 Å². The van der Waals surface area contributed by atoms with Gasteiger partial charge in [0.1, 0.15) is 5.75 Å². The summed E-state index contributed by atoms with van der Waals surface area (Å²) in [6.07, 6.45) is 0. The van der Waals surface area contributed by atoms with Gasteiger partial charge < -0.3 is 10.8 Å². The molecule has 0 aliphatic carbocycles. The number of carbonyl (C=O) groups is 1. The van der Waals surface area contributed by atoms with E-state index in [2.05, 4.69) is 5.48 Å². The lowest BCUT2D eigenvalue weighted by atomic mass is 10.1. The highest BCUT2D eigenvalue weighted by Gasteiger charge is 2.11. The van der Waals surface area contributed by atoms with Crippen molar-refractivity contribution in [1.29, 1.82) is 0 Å². The minimum Gasteiger partial charge on any atom is -0.507 e. The molecule has 0 aromatic heterocycles. The van der Waals surface area contributed by atoms with Gasteiger partial charge in [0.05, 0.1) is 12.2 Å². The van der Waals surface area contributed by atoms with Crippen molar-refractivity contribution < 1.29 is 14.7 Å². The first-order chi connectivity index (χ1) is 9.16. The van der Waals surface area contributed by atoms with Gasteiger partial charge in [-0.15, -0.1) is 0 Å². The number of nitrogen functional groups attached to an aromatic ring is 1. The molecule has 0 heterocycles. The molecule has 0 fully saturated rings. The largest absolute Gasteiger partial charge is 0.507 e. The Kier molecular flexibility index (Phi) is 4.00. The molecule has 0 saturated carbocycles. The fourth-order valence-corrected chi connectivity index (χ4v) is 1.55. The third-order valence-corrected chi connectivity index (χ3v) is 2.51. The van der Waals surface area contributed by atoms with Gasteiger partial charge in [-0.25, -0.2) is 5.48 Å². The van der Waals surface area contributed by atoms with Gasteiger partial charge in [0.15, 0.2) is 0 Å². The molecular formula is C14H14N2O3. The van der Waals surface area contributed by atoms with E-state index in [4.69, 9.17) is 10.6 Å². The van der Waals surface area contributed by atoms with Gasteiger partial charge in [-0.05, 0) is 23.8 Å². The van der Waals surface area contributed by atoms with Gasteiger partial charge in [-0.3, -0.25) is 9.63 Å². The minimum atomic E-state index is -0.541. The van der Waals surface area contributed by atoms with Gasteiger partial charge in [0.2, 0.25) is 0 Å². The highest BCUT2D eigenvalue weighted by atomic mass is 16.6. The summed E-state index contributed by atoms with van der Waals surface area (Å²) in [5.74, 6) is -0.684. The van der Waals surface area contributed by atoms with Crippen LogP contribution >= 0.6 is 0 Å². The molecule has 1 amide bonds. The van der Waals surface area contributed by atoms with Crippen LogP contribution in [-0.4, -0.2) is 11.0 Å². The number of hydrogen-bond donors (Lipinski definition) is 3. The van der Waals surface area contributed by atoms with Crippen molar-refractivity contribution >= 4 is 11.6 Å². The second-order valence-corrected chi connectivity index (χ2v) is 3.98. The Bertz CT molecular complexity index is 570. The molecule has 5 nitrogen and oxygen atoms in total. The molecule has 2 aromatic carbocycles. The average molecular weight is 258 g/mol. The van der Waals surface area contributed by atoms with Crippen LogP contribution in [0.1, 0.15) is 15.9 Å². The van der Waals surface area contributed by atoms with Gasteiger partial charge >= 0.3 is 0 Å². The predicted molar refractivity (Wildman–Crippen MR) is 71.2 cm³/mol. The zero-order chi connectivity index (χ0) is 13.7. The summed E-state index contributed by atoms with van der Waals surface area (Å²) in [4.78, 5) is 16.8. The van der Waals surface area contributed by atoms with E-state index in [-0.39, 0.29) is 17.9 Å². The van der Waals surface area contributed by atoms with Crippen LogP contribution in [0.15, 0.2) is 48.5 Å². The molecule has 5 heteroatoms. The van der Waals surface area contributed by atoms with Crippen LogP contribution in [0.4, 0.5) is 5.69 Å². The fourth-order valence-electron chi connectivity index (χ4n) is 1.55. The number of hydroxylamine groups is 1. The Labute approximate surface area is 110 Å². The van der Waals surface area contributed by atoms with E-state index in [1.54, 1.807) is 0 Å². The molecule has 0 unspecified atom stereocenters. The molecule has 2 rings (SSSR count). The summed E-state index contributed by atoms with van der Waals surface area (Å²) < 4.78 is 0. The highest BCUT2D eigenvalue weighted by Crippen LogP contribution is 2.19. The first-order valence-electron chi connectivity index (χ1n) is 5.71. The van der Waals surface area contributed by atoms with Crippen molar-refractivity contribution in [2.24, 2.45) is 0 Å². The summed E-state index contributed by atoms with van der Waals surface area (Å²) in [6.45, 7) is 0.246. The fraction of sp³-hybridized carbons (Fsp3) is 0.0714. The number of phenols is 1. The molecule has 0 bridgehead atoms. The molecule has 0 atom stereocenters. The van der Waals surface area contributed by atoms with E-state index < -0.39 is 5.91 Å². The lowest BCUT2D eigenvalue weighted by molar-refractivity contribution is 0.0231. The normalized spacial score (nSPS) is 10.1. The Morgan fingerprint density at radius 3 is 2.68 bits per heavy atom. The lowest BCUT2D eigenvalue weighted by Crippen LogP contribution is -2.23. The van der Waals surface area contributed by atoms with Crippen molar-refractivity contribution in [2.75, 3.05) is 5.73 Å². The SMILES string of the molecule is Nc1ccc(O)c(C(=O)NOCc2ccccc2)c1. The number of benzene rings is 2. The number of nitrogens with one attached hydrogen (secondary N) is 1. The van der Waals surface area contributed by atoms with Crippen molar-refractivity contribution in [1.82, 2.24) is 5.48 Å². The monoisotopic (exact) mass is 258 g/mol. The number of phenolic OH excluding ortho intramolecular Hbond substituents is 1. The number of hydrogen-bond acceptors (Lipinski definition) is 4. The van der Waals surface area contributed by atoms with E-state index in [1.165, 1.54) is 18.2 Å². The van der Waals surface area contributed by atoms with Crippen LogP contribution in [-0.2, 0) is 11.4 Å². The van der Waals surface area contributed by atoms with Crippen LogP contribution in [0.3, 0.4) is 0 Å². The van der Waals surface area contributed by atoms with Gasteiger partial charge in [-0.2, -0.15) is 0 Å². The second kappa shape index (κ2) is 5.88. The molecule has 19 heavy (non-hydrogen) atoms. The first kappa shape index (κ1) is 12.9. The van der Waals surface area contributed by atoms with Gasteiger partial charge in [-0.1, -0.05) is 30.3 Å². The van der Waals surface area contributed by atoms with E-state index in [0.717, 1.165) is 5.56 Å². The highest BCUT2D eigenvalue weighted by molar-refractivity contribution is 5.97. The predicted octanol–water partition coefficient (Wildman–Crippen LogP) is 1.84. The molecule has 0 radical (unpaired) electrons. The maximum absolute atomic E-state index is 11.8. The average Bonchev–Trinajstić information content (AvgIpc) is 2.42. The van der Waals surface area contributed by atoms with E-state index in [9.17, 15) is 9.90 Å². The zero-order valence-corrected chi connectivity index (χ0v) is 10.2. The first-order valence-corrected chi connectivity index (χ1v) is 5.71. The summed E-state index contributed by atoms with van der Waals surface area (Å²) in [5.41, 5.74) is 9.22. The molecule has 0 aliphatic heterocycles. The van der Waals surface area contributed by atoms with Crippen molar-refractivity contribution in [3.8, 4) is 5.75 Å². The number of anilines is 1. The third-order valence-electron chi connectivity index (χ3n) is 2.51. The van der Waals surface area contributed by atoms with E-state index in [1.807, 2.05) is 30.3 Å². The van der Waals surface area contributed by atoms with Crippen LogP contribution in [0.5, 0.6) is 5.75 Å². The van der Waals surface area contributed by atoms with Crippen LogP contribution < -0.4 is 11.2 Å². The standard InChI is InChI=1S/C14H14N2O3/c15-11-6-7-13(17)12(8-11)14(18)16-19-9-10-4-2-1-3-5-10/h1-8,17H,9,15H2,(H,16,18). The maximum atomic E-state index is 11.8. The van der Waals surface area contributed by atoms with Crippen molar-refractivity contribution in [2.45, 2.75) is 6.61 Å². The quantitative estimate of drug-likeness (QED) is 0.444. The number of aromatic hydroxyl groups is 1. The third kappa shape index (κ3) is 3.46. The maximum Gasteiger partial charge on any atom is 0.278 e. The van der Waals surface area contributed by atoms with Gasteiger partial charge in [0, 0.05) is 5.69 Å². The zero-order valence-electron chi connectivity index (χ0n) is 10.2. The minimum absolute atomic E-state index is 0.0769. The van der Waals surface area contributed by atoms with Crippen molar-refractivity contribution in [3.63, 3.8) is 0 Å². The number of nitrogens with two attached hydrogens (primary N) is 1. The summed E-state index contributed by atoms with van der Waals surface area (Å²) in [5, 5.41) is 9.55. The number of carbonyl (C=O) groups excluding carboxylic acids is 1. The number of amides is 1. The Balaban J connectivity index is 1.93. The van der Waals surface area contributed by atoms with E-state index in [0.29, 0.717) is 5.69 Å². The van der Waals surface area contributed by atoms with Crippen LogP contribution in [0, 0.1) is 0 Å². The van der Waals surface area contributed by atoms with Crippen LogP contribution in [0.25, 0.3) is 0 Å². The van der Waals surface area contributed by atoms with E-state index >= 15 is 0 Å². The van der Waals surface area contributed by atoms with Crippen LogP contribution in [0.2, 0.25) is 0 Å². The summed E-state index contributed by atoms with van der Waals surface area (Å²) in [7, 11) is 0. The second-order valence-electron chi connectivity index (χ2n) is 3.98.